The van der Waals surface area contributed by atoms with Gasteiger partial charge in [-0.05, 0) is 23.7 Å². The molecule has 0 fully saturated rings. The molecule has 2 aromatic heterocycles. The van der Waals surface area contributed by atoms with Gasteiger partial charge in [-0.15, -0.1) is 5.10 Å². The Morgan fingerprint density at radius 1 is 1.32 bits per heavy atom. The summed E-state index contributed by atoms with van der Waals surface area (Å²) in [5, 5.41) is 13.1. The highest BCUT2D eigenvalue weighted by Gasteiger charge is 2.15. The molecule has 0 N–H and O–H groups in total. The number of para-hydroxylation sites is 1. The van der Waals surface area contributed by atoms with Crippen molar-refractivity contribution in [2.75, 3.05) is 0 Å². The van der Waals surface area contributed by atoms with Gasteiger partial charge in [-0.2, -0.15) is 14.6 Å². The predicted octanol–water partition coefficient (Wildman–Crippen LogP) is 2.48. The largest absolute Gasteiger partial charge is 0.240 e. The van der Waals surface area contributed by atoms with Crippen LogP contribution in [-0.4, -0.2) is 19.7 Å². The van der Waals surface area contributed by atoms with E-state index in [4.69, 9.17) is 16.9 Å². The Bertz CT molecular complexity index is 821. The van der Waals surface area contributed by atoms with Crippen molar-refractivity contribution in [3.8, 4) is 11.9 Å². The summed E-state index contributed by atoms with van der Waals surface area (Å²) in [4.78, 5) is 7.66. The number of nitrogens with zero attached hydrogens (tertiary/aromatic N) is 5. The third-order valence-electron chi connectivity index (χ3n) is 2.60. The van der Waals surface area contributed by atoms with Gasteiger partial charge >= 0.3 is 0 Å². The first-order valence-electron chi connectivity index (χ1n) is 5.27. The zero-order valence-electron chi connectivity index (χ0n) is 9.38. The summed E-state index contributed by atoms with van der Waals surface area (Å²) in [6.07, 6.45) is 1.28. The predicted molar refractivity (Wildman–Crippen MR) is 66.3 cm³/mol. The molecule has 0 unspecified atom stereocenters. The van der Waals surface area contributed by atoms with Crippen molar-refractivity contribution in [2.24, 2.45) is 0 Å². The van der Waals surface area contributed by atoms with Crippen molar-refractivity contribution in [1.29, 1.82) is 5.26 Å². The Morgan fingerprint density at radius 2 is 2.11 bits per heavy atom. The molecule has 0 amide bonds. The van der Waals surface area contributed by atoms with Crippen LogP contribution in [0.5, 0.6) is 0 Å². The number of fused-ring (bicyclic) bond motifs is 1. The van der Waals surface area contributed by atoms with E-state index in [0.717, 1.165) is 0 Å². The molecular formula is C12H5ClFN5. The van der Waals surface area contributed by atoms with Crippen molar-refractivity contribution in [1.82, 2.24) is 19.7 Å². The lowest BCUT2D eigenvalue weighted by molar-refractivity contribution is 0.573. The molecule has 1 aromatic carbocycles. The highest BCUT2D eigenvalue weighted by atomic mass is 35.5. The van der Waals surface area contributed by atoms with Gasteiger partial charge in [0.1, 0.15) is 11.6 Å². The minimum atomic E-state index is -0.630. The first-order valence-corrected chi connectivity index (χ1v) is 5.65. The van der Waals surface area contributed by atoms with Crippen LogP contribution >= 0.6 is 11.6 Å². The minimum absolute atomic E-state index is 0.0333. The molecule has 0 aliphatic carbocycles. The Balaban J connectivity index is 2.37. The number of nitriles is 1. The van der Waals surface area contributed by atoms with Gasteiger partial charge < -0.3 is 0 Å². The highest BCUT2D eigenvalue weighted by molar-refractivity contribution is 6.28. The van der Waals surface area contributed by atoms with Crippen LogP contribution in [0.1, 0.15) is 5.56 Å². The van der Waals surface area contributed by atoms with Crippen LogP contribution in [-0.2, 0) is 0 Å². The molecule has 0 bridgehead atoms. The maximum absolute atomic E-state index is 13.7. The monoisotopic (exact) mass is 273 g/mol. The van der Waals surface area contributed by atoms with Crippen molar-refractivity contribution in [3.05, 3.63) is 47.3 Å². The molecule has 0 aliphatic heterocycles. The lowest BCUT2D eigenvalue weighted by atomic mass is 10.2. The van der Waals surface area contributed by atoms with Crippen molar-refractivity contribution < 1.29 is 4.39 Å². The molecule has 0 atom stereocenters. The molecule has 0 radical (unpaired) electrons. The van der Waals surface area contributed by atoms with Gasteiger partial charge in [-0.25, -0.2) is 9.67 Å². The van der Waals surface area contributed by atoms with Crippen molar-refractivity contribution in [2.45, 2.75) is 0 Å². The van der Waals surface area contributed by atoms with E-state index < -0.39 is 5.95 Å². The standard InChI is InChI=1S/C12H5ClFN5/c13-12-16-6-7(5-15)11(17-12)19-9-4-2-1-3-8(9)10(14)18-19/h1-4,6H. The maximum Gasteiger partial charge on any atom is 0.240 e. The molecule has 0 saturated carbocycles. The van der Waals surface area contributed by atoms with E-state index >= 15 is 0 Å². The average Bonchev–Trinajstić information content (AvgIpc) is 2.77. The SMILES string of the molecule is N#Cc1cnc(Cl)nc1-n1nc(F)c2ccccc21. The molecule has 2 heterocycles. The molecule has 7 heteroatoms. The molecule has 3 aromatic rings. The Labute approximate surface area is 111 Å². The Hall–Kier alpha value is -2.52. The van der Waals surface area contributed by atoms with Crippen LogP contribution in [0.3, 0.4) is 0 Å². The number of aromatic nitrogens is 4. The summed E-state index contributed by atoms with van der Waals surface area (Å²) in [7, 11) is 0. The van der Waals surface area contributed by atoms with Crippen LogP contribution in [0.15, 0.2) is 30.5 Å². The van der Waals surface area contributed by atoms with Crippen LogP contribution in [0.25, 0.3) is 16.7 Å². The van der Waals surface area contributed by atoms with Crippen molar-refractivity contribution >= 4 is 22.5 Å². The fraction of sp³-hybridized carbons (Fsp3) is 0. The van der Waals surface area contributed by atoms with E-state index in [-0.39, 0.29) is 16.7 Å². The third-order valence-corrected chi connectivity index (χ3v) is 2.78. The lowest BCUT2D eigenvalue weighted by Gasteiger charge is -2.03. The second-order valence-corrected chi connectivity index (χ2v) is 4.05. The summed E-state index contributed by atoms with van der Waals surface area (Å²) >= 11 is 5.72. The zero-order valence-corrected chi connectivity index (χ0v) is 10.1. The van der Waals surface area contributed by atoms with E-state index in [9.17, 15) is 4.39 Å². The molecule has 0 aliphatic rings. The summed E-state index contributed by atoms with van der Waals surface area (Å²) in [5.74, 6) is -0.475. The van der Waals surface area contributed by atoms with Crippen LogP contribution in [0, 0.1) is 17.3 Å². The molecule has 0 saturated heterocycles. The van der Waals surface area contributed by atoms with Gasteiger partial charge in [0.25, 0.3) is 0 Å². The third kappa shape index (κ3) is 1.80. The minimum Gasteiger partial charge on any atom is -0.225 e. The average molecular weight is 274 g/mol. The topological polar surface area (TPSA) is 67.4 Å². The Kier molecular flexibility index (Phi) is 2.62. The van der Waals surface area contributed by atoms with Gasteiger partial charge in [0.15, 0.2) is 5.82 Å². The highest BCUT2D eigenvalue weighted by Crippen LogP contribution is 2.22. The zero-order chi connectivity index (χ0) is 13.4. The fourth-order valence-corrected chi connectivity index (χ4v) is 1.91. The van der Waals surface area contributed by atoms with E-state index in [1.165, 1.54) is 10.9 Å². The van der Waals surface area contributed by atoms with E-state index in [2.05, 4.69) is 15.1 Å². The Morgan fingerprint density at radius 3 is 2.89 bits per heavy atom. The lowest BCUT2D eigenvalue weighted by Crippen LogP contribution is -2.04. The molecule has 5 nitrogen and oxygen atoms in total. The van der Waals surface area contributed by atoms with E-state index in [0.29, 0.717) is 10.9 Å². The normalized spacial score (nSPS) is 10.6. The fourth-order valence-electron chi connectivity index (χ4n) is 1.78. The number of benzene rings is 1. The summed E-state index contributed by atoms with van der Waals surface area (Å²) in [6, 6.07) is 8.66. The second-order valence-electron chi connectivity index (χ2n) is 3.71. The number of hydrogen-bond acceptors (Lipinski definition) is 4. The van der Waals surface area contributed by atoms with E-state index in [1.54, 1.807) is 24.3 Å². The van der Waals surface area contributed by atoms with Gasteiger partial charge in [-0.1, -0.05) is 12.1 Å². The molecule has 92 valence electrons. The van der Waals surface area contributed by atoms with Gasteiger partial charge in [-0.3, -0.25) is 0 Å². The number of halogens is 2. The molecule has 19 heavy (non-hydrogen) atoms. The summed E-state index contributed by atoms with van der Waals surface area (Å²) in [5.41, 5.74) is 0.670. The molecular weight excluding hydrogens is 269 g/mol. The number of rotatable bonds is 1. The smallest absolute Gasteiger partial charge is 0.225 e. The maximum atomic E-state index is 13.7. The van der Waals surface area contributed by atoms with Crippen LogP contribution in [0.2, 0.25) is 5.28 Å². The van der Waals surface area contributed by atoms with E-state index in [1.807, 2.05) is 6.07 Å². The molecule has 3 rings (SSSR count). The first-order chi connectivity index (χ1) is 9.20. The summed E-state index contributed by atoms with van der Waals surface area (Å²) < 4.78 is 15.0. The second kappa shape index (κ2) is 4.30. The first kappa shape index (κ1) is 11.6. The van der Waals surface area contributed by atoms with Gasteiger partial charge in [0.05, 0.1) is 17.1 Å². The number of hydrogen-bond donors (Lipinski definition) is 0. The van der Waals surface area contributed by atoms with Crippen molar-refractivity contribution in [3.63, 3.8) is 0 Å². The van der Waals surface area contributed by atoms with Crippen LogP contribution in [0.4, 0.5) is 4.39 Å². The quantitative estimate of drug-likeness (QED) is 0.639. The van der Waals surface area contributed by atoms with Gasteiger partial charge in [0, 0.05) is 0 Å². The molecule has 0 spiro atoms. The van der Waals surface area contributed by atoms with Gasteiger partial charge in [0.2, 0.25) is 11.2 Å². The van der Waals surface area contributed by atoms with Crippen LogP contribution < -0.4 is 0 Å². The summed E-state index contributed by atoms with van der Waals surface area (Å²) in [6.45, 7) is 0.